The van der Waals surface area contributed by atoms with E-state index in [0.29, 0.717) is 5.56 Å². The molecule has 0 radical (unpaired) electrons. The highest BCUT2D eigenvalue weighted by molar-refractivity contribution is 5.96. The van der Waals surface area contributed by atoms with E-state index in [1.807, 2.05) is 30.3 Å². The summed E-state index contributed by atoms with van der Waals surface area (Å²) >= 11 is 0. The molecule has 0 bridgehead atoms. The summed E-state index contributed by atoms with van der Waals surface area (Å²) in [7, 11) is 1.65. The average molecular weight is 284 g/mol. The largest absolute Gasteiger partial charge is 0.496 e. The molecule has 0 aromatic heterocycles. The number of carbonyl (C=O) groups is 1. The Hall–Kier alpha value is -2.29. The molecule has 0 aliphatic carbocycles. The van der Waals surface area contributed by atoms with Crippen LogP contribution in [0.4, 0.5) is 0 Å². The molecule has 2 aromatic rings. The van der Waals surface area contributed by atoms with Crippen LogP contribution in [0.3, 0.4) is 0 Å². The maximum absolute atomic E-state index is 11.4. The number of aromatic carboxylic acids is 1. The van der Waals surface area contributed by atoms with E-state index in [0.717, 1.165) is 22.4 Å². The molecule has 0 heterocycles. The van der Waals surface area contributed by atoms with Crippen molar-refractivity contribution in [1.29, 1.82) is 0 Å². The molecule has 0 aliphatic rings. The predicted octanol–water partition coefficient (Wildman–Crippen LogP) is 4.36. The molecule has 1 N–H and O–H groups in total. The van der Waals surface area contributed by atoms with Gasteiger partial charge in [-0.2, -0.15) is 0 Å². The Kier molecular flexibility index (Phi) is 4.03. The van der Waals surface area contributed by atoms with E-state index in [9.17, 15) is 9.90 Å². The van der Waals surface area contributed by atoms with E-state index < -0.39 is 5.97 Å². The van der Waals surface area contributed by atoms with E-state index in [4.69, 9.17) is 4.74 Å². The van der Waals surface area contributed by atoms with E-state index in [2.05, 4.69) is 20.8 Å². The molecule has 0 amide bonds. The predicted molar refractivity (Wildman–Crippen MR) is 84.1 cm³/mol. The van der Waals surface area contributed by atoms with Gasteiger partial charge in [-0.3, -0.25) is 0 Å². The fraction of sp³-hybridized carbons (Fsp3) is 0.278. The highest BCUT2D eigenvalue weighted by Gasteiger charge is 2.20. The van der Waals surface area contributed by atoms with E-state index in [1.54, 1.807) is 19.2 Å². The lowest BCUT2D eigenvalue weighted by Gasteiger charge is -2.23. The van der Waals surface area contributed by atoms with Crippen molar-refractivity contribution < 1.29 is 14.6 Å². The molecular weight excluding hydrogens is 264 g/mol. The van der Waals surface area contributed by atoms with Crippen LogP contribution < -0.4 is 4.74 Å². The van der Waals surface area contributed by atoms with Gasteiger partial charge in [0, 0.05) is 5.56 Å². The first kappa shape index (κ1) is 15.1. The summed E-state index contributed by atoms with van der Waals surface area (Å²) in [5.41, 5.74) is 2.89. The first-order chi connectivity index (χ1) is 9.84. The zero-order chi connectivity index (χ0) is 15.6. The third kappa shape index (κ3) is 3.07. The summed E-state index contributed by atoms with van der Waals surface area (Å²) < 4.78 is 5.42. The Morgan fingerprint density at radius 1 is 1.10 bits per heavy atom. The fourth-order valence-electron chi connectivity index (χ4n) is 2.38. The fourth-order valence-corrected chi connectivity index (χ4v) is 2.38. The molecule has 110 valence electrons. The maximum Gasteiger partial charge on any atom is 0.336 e. The topological polar surface area (TPSA) is 46.5 Å². The molecule has 0 spiro atoms. The van der Waals surface area contributed by atoms with E-state index >= 15 is 0 Å². The van der Waals surface area contributed by atoms with Crippen LogP contribution in [-0.2, 0) is 5.41 Å². The number of carboxylic acids is 1. The first-order valence-electron chi connectivity index (χ1n) is 6.86. The number of carboxylic acid groups (broad SMARTS) is 1. The molecule has 2 aromatic carbocycles. The zero-order valence-electron chi connectivity index (χ0n) is 12.8. The van der Waals surface area contributed by atoms with Gasteiger partial charge in [0.2, 0.25) is 0 Å². The van der Waals surface area contributed by atoms with Gasteiger partial charge in [-0.15, -0.1) is 0 Å². The second-order valence-electron chi connectivity index (χ2n) is 6.02. The van der Waals surface area contributed by atoms with Crippen LogP contribution in [0.25, 0.3) is 11.1 Å². The van der Waals surface area contributed by atoms with E-state index in [1.165, 1.54) is 0 Å². The van der Waals surface area contributed by atoms with Crippen molar-refractivity contribution in [2.45, 2.75) is 26.2 Å². The standard InChI is InChI=1S/C18H20O3/c1-18(2,3)15-11-12(9-10-16(15)21-4)13-7-5-6-8-14(13)17(19)20/h5-11H,1-4H3,(H,19,20). The minimum absolute atomic E-state index is 0.0838. The van der Waals surface area contributed by atoms with Gasteiger partial charge in [-0.05, 0) is 34.7 Å². The zero-order valence-corrected chi connectivity index (χ0v) is 12.8. The molecule has 0 fully saturated rings. The van der Waals surface area contributed by atoms with Gasteiger partial charge in [0.15, 0.2) is 0 Å². The Labute approximate surface area is 125 Å². The number of hydrogen-bond donors (Lipinski definition) is 1. The quantitative estimate of drug-likeness (QED) is 0.911. The molecule has 0 unspecified atom stereocenters. The Morgan fingerprint density at radius 2 is 1.76 bits per heavy atom. The third-order valence-electron chi connectivity index (χ3n) is 3.48. The monoisotopic (exact) mass is 284 g/mol. The second kappa shape index (κ2) is 5.60. The van der Waals surface area contributed by atoms with Crippen LogP contribution in [-0.4, -0.2) is 18.2 Å². The molecule has 3 heteroatoms. The summed E-state index contributed by atoms with van der Waals surface area (Å²) in [4.78, 5) is 11.4. The van der Waals surface area contributed by atoms with Crippen molar-refractivity contribution in [2.24, 2.45) is 0 Å². The lowest BCUT2D eigenvalue weighted by Crippen LogP contribution is -2.13. The lowest BCUT2D eigenvalue weighted by atomic mass is 9.84. The molecule has 0 aliphatic heterocycles. The summed E-state index contributed by atoms with van der Waals surface area (Å²) in [6.45, 7) is 6.33. The van der Waals surface area contributed by atoms with Crippen molar-refractivity contribution in [1.82, 2.24) is 0 Å². The molecule has 3 nitrogen and oxygen atoms in total. The smallest absolute Gasteiger partial charge is 0.336 e. The van der Waals surface area contributed by atoms with Crippen molar-refractivity contribution in [3.8, 4) is 16.9 Å². The number of ether oxygens (including phenoxy) is 1. The van der Waals surface area contributed by atoms with Crippen molar-refractivity contribution in [3.05, 3.63) is 53.6 Å². The summed E-state index contributed by atoms with van der Waals surface area (Å²) in [6.07, 6.45) is 0. The number of hydrogen-bond acceptors (Lipinski definition) is 2. The van der Waals surface area contributed by atoms with Crippen LogP contribution in [0.15, 0.2) is 42.5 Å². The molecule has 0 saturated heterocycles. The minimum atomic E-state index is -0.918. The van der Waals surface area contributed by atoms with Gasteiger partial charge in [0.25, 0.3) is 0 Å². The molecule has 21 heavy (non-hydrogen) atoms. The number of rotatable bonds is 3. The van der Waals surface area contributed by atoms with Gasteiger partial charge in [0.05, 0.1) is 12.7 Å². The third-order valence-corrected chi connectivity index (χ3v) is 3.48. The van der Waals surface area contributed by atoms with Gasteiger partial charge < -0.3 is 9.84 Å². The molecule has 2 rings (SSSR count). The molecule has 0 saturated carbocycles. The van der Waals surface area contributed by atoms with E-state index in [-0.39, 0.29) is 5.41 Å². The van der Waals surface area contributed by atoms with Gasteiger partial charge >= 0.3 is 5.97 Å². The van der Waals surface area contributed by atoms with Gasteiger partial charge in [-0.25, -0.2) is 4.79 Å². The Balaban J connectivity index is 2.64. The summed E-state index contributed by atoms with van der Waals surface area (Å²) in [6, 6.07) is 12.9. The van der Waals surface area contributed by atoms with Crippen LogP contribution in [0.5, 0.6) is 5.75 Å². The first-order valence-corrected chi connectivity index (χ1v) is 6.86. The molecule has 0 atom stereocenters. The van der Waals surface area contributed by atoms with Crippen LogP contribution in [0.1, 0.15) is 36.7 Å². The van der Waals surface area contributed by atoms with Crippen molar-refractivity contribution in [2.75, 3.05) is 7.11 Å². The molecular formula is C18H20O3. The Morgan fingerprint density at radius 3 is 2.33 bits per heavy atom. The summed E-state index contributed by atoms with van der Waals surface area (Å²) in [5, 5.41) is 9.33. The van der Waals surface area contributed by atoms with Crippen molar-refractivity contribution in [3.63, 3.8) is 0 Å². The highest BCUT2D eigenvalue weighted by atomic mass is 16.5. The van der Waals surface area contributed by atoms with Crippen molar-refractivity contribution >= 4 is 5.97 Å². The second-order valence-corrected chi connectivity index (χ2v) is 6.02. The maximum atomic E-state index is 11.4. The van der Waals surface area contributed by atoms with Gasteiger partial charge in [0.1, 0.15) is 5.75 Å². The normalized spacial score (nSPS) is 11.2. The SMILES string of the molecule is COc1ccc(-c2ccccc2C(=O)O)cc1C(C)(C)C. The highest BCUT2D eigenvalue weighted by Crippen LogP contribution is 2.35. The van der Waals surface area contributed by atoms with Crippen LogP contribution >= 0.6 is 0 Å². The van der Waals surface area contributed by atoms with Crippen LogP contribution in [0.2, 0.25) is 0 Å². The van der Waals surface area contributed by atoms with Crippen LogP contribution in [0, 0.1) is 0 Å². The number of benzene rings is 2. The average Bonchev–Trinajstić information content (AvgIpc) is 2.45. The Bertz CT molecular complexity index is 666. The number of methoxy groups -OCH3 is 1. The lowest BCUT2D eigenvalue weighted by molar-refractivity contribution is 0.0697. The van der Waals surface area contributed by atoms with Gasteiger partial charge in [-0.1, -0.05) is 45.0 Å². The minimum Gasteiger partial charge on any atom is -0.496 e. The summed E-state index contributed by atoms with van der Waals surface area (Å²) in [5.74, 6) is -0.0993.